The molecule has 1 aliphatic heterocycles. The van der Waals surface area contributed by atoms with Crippen molar-refractivity contribution in [3.8, 4) is 0 Å². The highest BCUT2D eigenvalue weighted by molar-refractivity contribution is 5.85. The largest absolute Gasteiger partial charge is 0.337 e. The first kappa shape index (κ1) is 16.8. The number of carbonyl (C=O) groups excluding carboxylic acids is 1. The van der Waals surface area contributed by atoms with E-state index in [1.807, 2.05) is 0 Å². The van der Waals surface area contributed by atoms with Gasteiger partial charge in [-0.1, -0.05) is 20.3 Å². The van der Waals surface area contributed by atoms with Crippen LogP contribution in [0.4, 0.5) is 0 Å². The van der Waals surface area contributed by atoms with Gasteiger partial charge in [-0.3, -0.25) is 4.79 Å². The number of hydrogen-bond acceptors (Lipinski definition) is 2. The molecule has 19 heavy (non-hydrogen) atoms. The molecule has 0 spiro atoms. The Morgan fingerprint density at radius 1 is 1.32 bits per heavy atom. The van der Waals surface area contributed by atoms with E-state index in [-0.39, 0.29) is 12.4 Å². The van der Waals surface area contributed by atoms with Gasteiger partial charge in [-0.05, 0) is 45.1 Å². The normalized spacial score (nSPS) is 25.5. The summed E-state index contributed by atoms with van der Waals surface area (Å²) < 4.78 is 0. The summed E-state index contributed by atoms with van der Waals surface area (Å²) in [4.78, 5) is 14.7. The zero-order valence-electron chi connectivity index (χ0n) is 12.5. The van der Waals surface area contributed by atoms with E-state index >= 15 is 0 Å². The number of rotatable bonds is 6. The topological polar surface area (TPSA) is 32.3 Å². The number of nitrogens with zero attached hydrogens (tertiary/aromatic N) is 1. The molecule has 0 aromatic rings. The van der Waals surface area contributed by atoms with Gasteiger partial charge < -0.3 is 10.2 Å². The minimum atomic E-state index is 0. The highest BCUT2D eigenvalue weighted by atomic mass is 35.5. The Balaban J connectivity index is 0.00000180. The fourth-order valence-electron chi connectivity index (χ4n) is 2.98. The van der Waals surface area contributed by atoms with Gasteiger partial charge in [0.25, 0.3) is 0 Å². The monoisotopic (exact) mass is 288 g/mol. The van der Waals surface area contributed by atoms with E-state index in [0.717, 1.165) is 13.0 Å². The molecule has 4 heteroatoms. The smallest absolute Gasteiger partial charge is 0.224 e. The minimum Gasteiger partial charge on any atom is -0.337 e. The summed E-state index contributed by atoms with van der Waals surface area (Å²) in [6, 6.07) is 1.38. The first-order valence-electron chi connectivity index (χ1n) is 7.68. The zero-order valence-corrected chi connectivity index (χ0v) is 13.3. The van der Waals surface area contributed by atoms with Gasteiger partial charge in [0, 0.05) is 24.5 Å². The fourth-order valence-corrected chi connectivity index (χ4v) is 2.98. The van der Waals surface area contributed by atoms with E-state index in [4.69, 9.17) is 0 Å². The summed E-state index contributed by atoms with van der Waals surface area (Å²) in [5, 5.41) is 3.44. The Morgan fingerprint density at radius 2 is 2.00 bits per heavy atom. The molecule has 1 aliphatic carbocycles. The van der Waals surface area contributed by atoms with Gasteiger partial charge in [0.15, 0.2) is 0 Å². The molecule has 3 unspecified atom stereocenters. The van der Waals surface area contributed by atoms with Crippen molar-refractivity contribution in [1.29, 1.82) is 0 Å². The van der Waals surface area contributed by atoms with Crippen LogP contribution in [0, 0.1) is 5.92 Å². The summed E-state index contributed by atoms with van der Waals surface area (Å²) in [6.07, 6.45) is 6.68. The van der Waals surface area contributed by atoms with E-state index in [0.29, 0.717) is 36.4 Å². The number of amides is 1. The Labute approximate surface area is 123 Å². The molecule has 2 fully saturated rings. The maximum atomic E-state index is 12.5. The van der Waals surface area contributed by atoms with Crippen molar-refractivity contribution in [1.82, 2.24) is 10.2 Å². The third-order valence-electron chi connectivity index (χ3n) is 4.72. The first-order chi connectivity index (χ1) is 8.63. The molecule has 112 valence electrons. The van der Waals surface area contributed by atoms with Crippen LogP contribution >= 0.6 is 12.4 Å². The average molecular weight is 289 g/mol. The van der Waals surface area contributed by atoms with Crippen LogP contribution in [-0.2, 0) is 4.79 Å². The van der Waals surface area contributed by atoms with Crippen molar-refractivity contribution in [2.75, 3.05) is 6.54 Å². The van der Waals surface area contributed by atoms with Gasteiger partial charge in [0.1, 0.15) is 0 Å². The Hall–Kier alpha value is -0.280. The second-order valence-electron chi connectivity index (χ2n) is 6.16. The van der Waals surface area contributed by atoms with E-state index in [1.54, 1.807) is 0 Å². The standard InChI is InChI=1S/C15H28N2O.ClH/c1-4-11(2)12(3)17(14-7-8-14)15(18)10-13-6-5-9-16-13;/h11-14,16H,4-10H2,1-3H3;1H. The maximum Gasteiger partial charge on any atom is 0.224 e. The summed E-state index contributed by atoms with van der Waals surface area (Å²) in [5.74, 6) is 0.982. The highest BCUT2D eigenvalue weighted by Crippen LogP contribution is 2.32. The molecule has 1 N–H and O–H groups in total. The molecule has 1 saturated heterocycles. The number of nitrogens with one attached hydrogen (secondary N) is 1. The van der Waals surface area contributed by atoms with Gasteiger partial charge in [0.05, 0.1) is 0 Å². The maximum absolute atomic E-state index is 12.5. The average Bonchev–Trinajstić information content (AvgIpc) is 3.05. The molecule has 0 aromatic heterocycles. The molecule has 3 nitrogen and oxygen atoms in total. The Kier molecular flexibility index (Phi) is 6.61. The van der Waals surface area contributed by atoms with Crippen LogP contribution in [0.25, 0.3) is 0 Å². The van der Waals surface area contributed by atoms with Gasteiger partial charge >= 0.3 is 0 Å². The third-order valence-corrected chi connectivity index (χ3v) is 4.72. The van der Waals surface area contributed by atoms with Crippen molar-refractivity contribution < 1.29 is 4.79 Å². The van der Waals surface area contributed by atoms with Crippen LogP contribution in [0.2, 0.25) is 0 Å². The predicted octanol–water partition coefficient (Wildman–Crippen LogP) is 2.98. The summed E-state index contributed by atoms with van der Waals surface area (Å²) >= 11 is 0. The van der Waals surface area contributed by atoms with Gasteiger partial charge in [-0.2, -0.15) is 0 Å². The van der Waals surface area contributed by atoms with Crippen LogP contribution in [-0.4, -0.2) is 35.5 Å². The highest BCUT2D eigenvalue weighted by Gasteiger charge is 2.37. The van der Waals surface area contributed by atoms with Crippen molar-refractivity contribution in [3.05, 3.63) is 0 Å². The lowest BCUT2D eigenvalue weighted by Crippen LogP contribution is -2.45. The van der Waals surface area contributed by atoms with E-state index < -0.39 is 0 Å². The summed E-state index contributed by atoms with van der Waals surface area (Å²) in [7, 11) is 0. The van der Waals surface area contributed by atoms with Crippen LogP contribution in [0.1, 0.15) is 59.3 Å². The van der Waals surface area contributed by atoms with Crippen LogP contribution < -0.4 is 5.32 Å². The number of carbonyl (C=O) groups is 1. The molecule has 0 bridgehead atoms. The van der Waals surface area contributed by atoms with E-state index in [1.165, 1.54) is 25.7 Å². The quantitative estimate of drug-likeness (QED) is 0.815. The van der Waals surface area contributed by atoms with Gasteiger partial charge in [-0.25, -0.2) is 0 Å². The minimum absolute atomic E-state index is 0. The van der Waals surface area contributed by atoms with Gasteiger partial charge in [0.2, 0.25) is 5.91 Å². The number of hydrogen-bond donors (Lipinski definition) is 1. The molecule has 1 amide bonds. The molecule has 0 aromatic carbocycles. The number of halogens is 1. The molecule has 2 rings (SSSR count). The molecule has 1 saturated carbocycles. The van der Waals surface area contributed by atoms with Crippen molar-refractivity contribution in [2.24, 2.45) is 5.92 Å². The summed E-state index contributed by atoms with van der Waals surface area (Å²) in [5.41, 5.74) is 0. The van der Waals surface area contributed by atoms with Crippen molar-refractivity contribution in [2.45, 2.75) is 77.4 Å². The molecular weight excluding hydrogens is 260 g/mol. The Morgan fingerprint density at radius 3 is 2.47 bits per heavy atom. The van der Waals surface area contributed by atoms with Crippen molar-refractivity contribution >= 4 is 18.3 Å². The third kappa shape index (κ3) is 4.35. The molecule has 3 atom stereocenters. The second kappa shape index (κ2) is 7.49. The van der Waals surface area contributed by atoms with Crippen LogP contribution in [0.3, 0.4) is 0 Å². The molecule has 0 radical (unpaired) electrons. The fraction of sp³-hybridized carbons (Fsp3) is 0.933. The molecule has 1 heterocycles. The lowest BCUT2D eigenvalue weighted by atomic mass is 9.98. The lowest BCUT2D eigenvalue weighted by molar-refractivity contribution is -0.135. The van der Waals surface area contributed by atoms with E-state index in [9.17, 15) is 4.79 Å². The van der Waals surface area contributed by atoms with Crippen LogP contribution in [0.5, 0.6) is 0 Å². The Bertz CT molecular complexity index is 288. The zero-order chi connectivity index (χ0) is 13.1. The van der Waals surface area contributed by atoms with E-state index in [2.05, 4.69) is 31.0 Å². The van der Waals surface area contributed by atoms with Crippen molar-refractivity contribution in [3.63, 3.8) is 0 Å². The predicted molar refractivity (Wildman–Crippen MR) is 81.7 cm³/mol. The second-order valence-corrected chi connectivity index (χ2v) is 6.16. The summed E-state index contributed by atoms with van der Waals surface area (Å²) in [6.45, 7) is 7.80. The van der Waals surface area contributed by atoms with Crippen LogP contribution in [0.15, 0.2) is 0 Å². The molecular formula is C15H29ClN2O. The van der Waals surface area contributed by atoms with Gasteiger partial charge in [-0.15, -0.1) is 12.4 Å². The first-order valence-corrected chi connectivity index (χ1v) is 7.68. The SMILES string of the molecule is CCC(C)C(C)N(C(=O)CC1CCCN1)C1CC1.Cl. The lowest BCUT2D eigenvalue weighted by Gasteiger charge is -2.34. The molecule has 2 aliphatic rings.